The number of hydrogen-bond donors (Lipinski definition) is 8. The minimum absolute atomic E-state index is 0.692. The highest BCUT2D eigenvalue weighted by Gasteiger charge is 2.49. The molecule has 2 aliphatic heterocycles. The Hall–Kier alpha value is -0.440. The molecule has 0 amide bonds. The summed E-state index contributed by atoms with van der Waals surface area (Å²) in [5, 5.41) is 76.0. The maximum atomic E-state index is 9.87. The van der Waals surface area contributed by atoms with Gasteiger partial charge in [-0.25, -0.2) is 0 Å². The van der Waals surface area contributed by atoms with Gasteiger partial charge in [0.15, 0.2) is 18.9 Å². The molecule has 0 saturated carbocycles. The number of aliphatic hydroxyl groups excluding tert-OH is 8. The highest BCUT2D eigenvalue weighted by atomic mass is 16.8. The fourth-order valence-electron chi connectivity index (χ4n) is 2.33. The first-order valence-electron chi connectivity index (χ1n) is 6.61. The molecule has 2 fully saturated rings. The van der Waals surface area contributed by atoms with Crippen LogP contribution in [-0.4, -0.2) is 109 Å². The second-order valence-electron chi connectivity index (χ2n) is 5.20. The number of ether oxygens (including phenoxy) is 3. The highest BCUT2D eigenvalue weighted by Crippen LogP contribution is 2.27. The summed E-state index contributed by atoms with van der Waals surface area (Å²) in [6.45, 7) is -0.692. The van der Waals surface area contributed by atoms with Crippen LogP contribution in [0, 0.1) is 0 Å². The van der Waals surface area contributed by atoms with Crippen LogP contribution in [0.15, 0.2) is 0 Å². The first-order chi connectivity index (χ1) is 10.3. The van der Waals surface area contributed by atoms with Crippen LogP contribution in [0.4, 0.5) is 0 Å². The van der Waals surface area contributed by atoms with E-state index in [1.165, 1.54) is 0 Å². The van der Waals surface area contributed by atoms with Crippen molar-refractivity contribution >= 4 is 0 Å². The van der Waals surface area contributed by atoms with Crippen molar-refractivity contribution in [1.29, 1.82) is 0 Å². The summed E-state index contributed by atoms with van der Waals surface area (Å²) in [5.74, 6) is 0. The van der Waals surface area contributed by atoms with Crippen LogP contribution in [0.2, 0.25) is 0 Å². The summed E-state index contributed by atoms with van der Waals surface area (Å²) in [6, 6.07) is 0. The quantitative estimate of drug-likeness (QED) is 0.247. The van der Waals surface area contributed by atoms with Gasteiger partial charge in [-0.15, -0.1) is 0 Å². The minimum atomic E-state index is -1.85. The van der Waals surface area contributed by atoms with Gasteiger partial charge in [0.05, 0.1) is 6.61 Å². The number of hydrogen-bond acceptors (Lipinski definition) is 11. The second-order valence-corrected chi connectivity index (χ2v) is 5.20. The molecule has 0 spiro atoms. The van der Waals surface area contributed by atoms with E-state index in [1.807, 2.05) is 0 Å². The van der Waals surface area contributed by atoms with Crippen LogP contribution in [-0.2, 0) is 14.2 Å². The maximum absolute atomic E-state index is 9.87. The standard InChI is InChI=1S/C11H20O11/c12-1-2-8(4(14)6(16)9(18)20-2)21-11-7(17)3(13)5(15)10(19)22-11/h2-19H,1H2/t2-,3+,4+,5+,6-,7-,8-,9-,10+,11-/m1/s1. The largest absolute Gasteiger partial charge is 0.394 e. The lowest BCUT2D eigenvalue weighted by atomic mass is 9.98. The van der Waals surface area contributed by atoms with Gasteiger partial charge in [0.2, 0.25) is 0 Å². The summed E-state index contributed by atoms with van der Waals surface area (Å²) in [5.41, 5.74) is 0. The summed E-state index contributed by atoms with van der Waals surface area (Å²) < 4.78 is 14.8. The molecule has 2 heterocycles. The molecule has 0 aliphatic carbocycles. The van der Waals surface area contributed by atoms with Crippen LogP contribution in [0.5, 0.6) is 0 Å². The molecule has 2 saturated heterocycles. The Morgan fingerprint density at radius 1 is 0.682 bits per heavy atom. The third-order valence-corrected chi connectivity index (χ3v) is 3.67. The maximum Gasteiger partial charge on any atom is 0.189 e. The molecule has 130 valence electrons. The first kappa shape index (κ1) is 17.9. The summed E-state index contributed by atoms with van der Waals surface area (Å²) in [4.78, 5) is 0. The Kier molecular flexibility index (Phi) is 5.68. The highest BCUT2D eigenvalue weighted by molar-refractivity contribution is 4.92. The second kappa shape index (κ2) is 6.98. The van der Waals surface area contributed by atoms with Gasteiger partial charge >= 0.3 is 0 Å². The van der Waals surface area contributed by atoms with Crippen molar-refractivity contribution in [2.24, 2.45) is 0 Å². The lowest BCUT2D eigenvalue weighted by Gasteiger charge is -2.44. The fraction of sp³-hybridized carbons (Fsp3) is 1.00. The lowest BCUT2D eigenvalue weighted by molar-refractivity contribution is -0.375. The van der Waals surface area contributed by atoms with Crippen molar-refractivity contribution in [2.45, 2.75) is 61.6 Å². The molecule has 0 aromatic heterocycles. The minimum Gasteiger partial charge on any atom is -0.394 e. The summed E-state index contributed by atoms with van der Waals surface area (Å²) in [6.07, 6.45) is -16.7. The van der Waals surface area contributed by atoms with E-state index in [9.17, 15) is 40.9 Å². The first-order valence-corrected chi connectivity index (χ1v) is 6.61. The van der Waals surface area contributed by atoms with Gasteiger partial charge in [-0.2, -0.15) is 0 Å². The monoisotopic (exact) mass is 328 g/mol. The van der Waals surface area contributed by atoms with Gasteiger partial charge in [-0.1, -0.05) is 0 Å². The molecule has 10 atom stereocenters. The van der Waals surface area contributed by atoms with E-state index in [0.29, 0.717) is 0 Å². The smallest absolute Gasteiger partial charge is 0.189 e. The van der Waals surface area contributed by atoms with Crippen molar-refractivity contribution in [3.63, 3.8) is 0 Å². The van der Waals surface area contributed by atoms with E-state index in [4.69, 9.17) is 14.2 Å². The van der Waals surface area contributed by atoms with E-state index in [0.717, 1.165) is 0 Å². The Morgan fingerprint density at radius 3 is 1.82 bits per heavy atom. The molecule has 0 radical (unpaired) electrons. The zero-order valence-electron chi connectivity index (χ0n) is 11.3. The average molecular weight is 328 g/mol. The SMILES string of the molecule is OC[C@H]1O[C@@H](O)[C@H](O)[C@H](O)[C@@H]1O[C@@H]1O[C@H](O)[C@@H](O)[C@H](O)[C@H]1O. The zero-order valence-corrected chi connectivity index (χ0v) is 11.3. The van der Waals surface area contributed by atoms with E-state index in [-0.39, 0.29) is 0 Å². The van der Waals surface area contributed by atoms with E-state index in [1.54, 1.807) is 0 Å². The van der Waals surface area contributed by atoms with Gasteiger partial charge in [0.25, 0.3) is 0 Å². The molecule has 2 aliphatic rings. The molecule has 0 aromatic rings. The summed E-state index contributed by atoms with van der Waals surface area (Å²) >= 11 is 0. The Bertz CT molecular complexity index is 366. The normalized spacial score (nSPS) is 53.5. The van der Waals surface area contributed by atoms with Gasteiger partial charge in [-0.05, 0) is 0 Å². The lowest BCUT2D eigenvalue weighted by Crippen LogP contribution is -2.64. The predicted octanol–water partition coefficient (Wildman–Crippen LogP) is -5.44. The Balaban J connectivity index is 2.10. The molecule has 11 heteroatoms. The van der Waals surface area contributed by atoms with Gasteiger partial charge in [0, 0.05) is 0 Å². The molecule has 0 aromatic carbocycles. The third kappa shape index (κ3) is 3.25. The van der Waals surface area contributed by atoms with Crippen molar-refractivity contribution in [3.8, 4) is 0 Å². The number of aliphatic hydroxyl groups is 8. The van der Waals surface area contributed by atoms with Crippen molar-refractivity contribution in [1.82, 2.24) is 0 Å². The molecule has 0 bridgehead atoms. The van der Waals surface area contributed by atoms with Crippen LogP contribution < -0.4 is 0 Å². The van der Waals surface area contributed by atoms with E-state index in [2.05, 4.69) is 0 Å². The van der Waals surface area contributed by atoms with Crippen molar-refractivity contribution in [2.75, 3.05) is 6.61 Å². The Morgan fingerprint density at radius 2 is 1.23 bits per heavy atom. The average Bonchev–Trinajstić information content (AvgIpc) is 2.50. The van der Waals surface area contributed by atoms with Crippen LogP contribution in [0.3, 0.4) is 0 Å². The predicted molar refractivity (Wildman–Crippen MR) is 63.8 cm³/mol. The fourth-order valence-corrected chi connectivity index (χ4v) is 2.33. The van der Waals surface area contributed by atoms with E-state index < -0.39 is 68.2 Å². The molecule has 8 N–H and O–H groups in total. The Labute approximate surface area is 124 Å². The van der Waals surface area contributed by atoms with Gasteiger partial charge < -0.3 is 55.1 Å². The van der Waals surface area contributed by atoms with Crippen LogP contribution >= 0.6 is 0 Å². The van der Waals surface area contributed by atoms with Gasteiger partial charge in [-0.3, -0.25) is 0 Å². The molecule has 22 heavy (non-hydrogen) atoms. The van der Waals surface area contributed by atoms with Crippen LogP contribution in [0.25, 0.3) is 0 Å². The number of rotatable bonds is 3. The van der Waals surface area contributed by atoms with E-state index >= 15 is 0 Å². The van der Waals surface area contributed by atoms with Crippen LogP contribution in [0.1, 0.15) is 0 Å². The van der Waals surface area contributed by atoms with Gasteiger partial charge in [0.1, 0.15) is 42.7 Å². The molecule has 0 unspecified atom stereocenters. The third-order valence-electron chi connectivity index (χ3n) is 3.67. The molecular formula is C11H20O11. The molecule has 11 nitrogen and oxygen atoms in total. The van der Waals surface area contributed by atoms with Crippen molar-refractivity contribution < 1.29 is 55.1 Å². The zero-order chi connectivity index (χ0) is 16.6. The van der Waals surface area contributed by atoms with Crippen molar-refractivity contribution in [3.05, 3.63) is 0 Å². The summed E-state index contributed by atoms with van der Waals surface area (Å²) in [7, 11) is 0. The molecular weight excluding hydrogens is 308 g/mol. The molecule has 2 rings (SSSR count). The topological polar surface area (TPSA) is 190 Å².